The third-order valence-corrected chi connectivity index (χ3v) is 13.6. The Bertz CT molecular complexity index is 3370. The van der Waals surface area contributed by atoms with Crippen molar-refractivity contribution in [2.24, 2.45) is 5.41 Å². The van der Waals surface area contributed by atoms with E-state index in [0.717, 1.165) is 72.0 Å². The summed E-state index contributed by atoms with van der Waals surface area (Å²) in [6.45, 7) is 11.6. The molecule has 3 heterocycles. The molecule has 1 N–H and O–H groups in total. The molecule has 3 aromatic heterocycles. The van der Waals surface area contributed by atoms with Gasteiger partial charge in [0.2, 0.25) is 5.71 Å². The molecule has 1 saturated carbocycles. The number of furan rings is 1. The van der Waals surface area contributed by atoms with E-state index in [0.29, 0.717) is 28.4 Å². The van der Waals surface area contributed by atoms with E-state index in [2.05, 4.69) is 167 Å². The summed E-state index contributed by atoms with van der Waals surface area (Å²) in [5, 5.41) is 15.8. The lowest BCUT2D eigenvalue weighted by atomic mass is 9.71. The standard InChI is InChI=1S/C58H51N3O2/c1-57(2,3)42-34-48(53-51(35-42)61(55(60-53)47-19-10-12-21-52(47)62)50-20-11-9-18-43(50)37-14-7-6-8-15-37)39-16-13-17-41(33-39)49-27-26-46-45-25-23-40-32-38(36-28-30-58(4,5)31-29-36)22-24-44(40)54(45)63-56(46)59-49/h6-27,32-36,62H,28-31H2,1-5H3. The molecule has 10 aromatic rings. The van der Waals surface area contributed by atoms with Gasteiger partial charge in [-0.2, -0.15) is 0 Å². The van der Waals surface area contributed by atoms with Crippen LogP contribution in [0.15, 0.2) is 162 Å². The zero-order chi connectivity index (χ0) is 43.0. The number of phenols is 1. The minimum atomic E-state index is -0.170. The number of fused-ring (bicyclic) bond motifs is 6. The van der Waals surface area contributed by atoms with Gasteiger partial charge in [-0.3, -0.25) is 4.57 Å². The molecular formula is C58H51N3O2. The summed E-state index contributed by atoms with van der Waals surface area (Å²) >= 11 is 0. The van der Waals surface area contributed by atoms with Crippen molar-refractivity contribution in [1.82, 2.24) is 14.5 Å². The van der Waals surface area contributed by atoms with Crippen LogP contribution >= 0.6 is 0 Å². The summed E-state index contributed by atoms with van der Waals surface area (Å²) in [4.78, 5) is 10.6. The van der Waals surface area contributed by atoms with Gasteiger partial charge in [-0.15, -0.1) is 0 Å². The Morgan fingerprint density at radius 3 is 2.11 bits per heavy atom. The summed E-state index contributed by atoms with van der Waals surface area (Å²) in [5.41, 5.74) is 14.0. The van der Waals surface area contributed by atoms with Crippen LogP contribution < -0.4 is 0 Å². The summed E-state index contributed by atoms with van der Waals surface area (Å²) in [6, 6.07) is 55.3. The molecule has 1 fully saturated rings. The van der Waals surface area contributed by atoms with Gasteiger partial charge < -0.3 is 9.52 Å². The average Bonchev–Trinajstić information content (AvgIpc) is 3.87. The number of para-hydroxylation sites is 2. The zero-order valence-corrected chi connectivity index (χ0v) is 36.6. The van der Waals surface area contributed by atoms with Crippen LogP contribution in [0.3, 0.4) is 0 Å². The average molecular weight is 822 g/mol. The highest BCUT2D eigenvalue weighted by atomic mass is 16.3. The lowest BCUT2D eigenvalue weighted by Gasteiger charge is -2.34. The number of benzene rings is 7. The van der Waals surface area contributed by atoms with Gasteiger partial charge in [-0.25, -0.2) is 9.97 Å². The van der Waals surface area contributed by atoms with Crippen molar-refractivity contribution >= 4 is 43.9 Å². The molecule has 0 spiro atoms. The number of phenolic OH excluding ortho intramolecular Hbond substituents is 1. The molecule has 63 heavy (non-hydrogen) atoms. The van der Waals surface area contributed by atoms with Crippen LogP contribution in [0.4, 0.5) is 0 Å². The molecule has 0 unspecified atom stereocenters. The second kappa shape index (κ2) is 14.8. The third kappa shape index (κ3) is 6.87. The fourth-order valence-electron chi connectivity index (χ4n) is 9.90. The van der Waals surface area contributed by atoms with Crippen LogP contribution in [-0.2, 0) is 5.41 Å². The maximum absolute atomic E-state index is 11.4. The summed E-state index contributed by atoms with van der Waals surface area (Å²) in [6.07, 6.45) is 5.05. The molecule has 0 bridgehead atoms. The molecule has 5 heteroatoms. The van der Waals surface area contributed by atoms with Crippen LogP contribution in [-0.4, -0.2) is 19.6 Å². The minimum absolute atomic E-state index is 0.170. The van der Waals surface area contributed by atoms with Crippen LogP contribution in [0.25, 0.3) is 94.5 Å². The van der Waals surface area contributed by atoms with Crippen molar-refractivity contribution in [2.45, 2.75) is 71.6 Å². The largest absolute Gasteiger partial charge is 0.507 e. The van der Waals surface area contributed by atoms with E-state index in [1.165, 1.54) is 42.2 Å². The molecule has 5 nitrogen and oxygen atoms in total. The summed E-state index contributed by atoms with van der Waals surface area (Å²) < 4.78 is 8.90. The van der Waals surface area contributed by atoms with E-state index in [-0.39, 0.29) is 11.2 Å². The third-order valence-electron chi connectivity index (χ3n) is 13.6. The molecule has 7 aromatic carbocycles. The van der Waals surface area contributed by atoms with E-state index < -0.39 is 0 Å². The topological polar surface area (TPSA) is 64.1 Å². The maximum atomic E-state index is 11.4. The fourth-order valence-corrected chi connectivity index (χ4v) is 9.90. The Morgan fingerprint density at radius 2 is 1.32 bits per heavy atom. The second-order valence-corrected chi connectivity index (χ2v) is 19.4. The first-order chi connectivity index (χ1) is 30.5. The monoisotopic (exact) mass is 821 g/mol. The number of hydrogen-bond acceptors (Lipinski definition) is 4. The normalized spacial score (nSPS) is 14.6. The van der Waals surface area contributed by atoms with Crippen LogP contribution in [0.1, 0.15) is 77.3 Å². The van der Waals surface area contributed by atoms with Gasteiger partial charge in [-0.1, -0.05) is 138 Å². The first kappa shape index (κ1) is 38.9. The van der Waals surface area contributed by atoms with E-state index >= 15 is 0 Å². The first-order valence-electron chi connectivity index (χ1n) is 22.4. The number of aromatic nitrogens is 3. The van der Waals surface area contributed by atoms with Gasteiger partial charge in [0.15, 0.2) is 0 Å². The fraction of sp³-hybridized carbons (Fsp3) is 0.207. The molecule has 11 rings (SSSR count). The Balaban J connectivity index is 1.05. The van der Waals surface area contributed by atoms with Crippen molar-refractivity contribution < 1.29 is 9.52 Å². The predicted molar refractivity (Wildman–Crippen MR) is 261 cm³/mol. The minimum Gasteiger partial charge on any atom is -0.507 e. The van der Waals surface area contributed by atoms with Crippen molar-refractivity contribution in [3.8, 4) is 56.3 Å². The maximum Gasteiger partial charge on any atom is 0.227 e. The zero-order valence-electron chi connectivity index (χ0n) is 36.6. The quantitative estimate of drug-likeness (QED) is 0.181. The van der Waals surface area contributed by atoms with Crippen LogP contribution in [0.5, 0.6) is 5.75 Å². The van der Waals surface area contributed by atoms with E-state index in [4.69, 9.17) is 14.4 Å². The SMILES string of the molecule is CC1(C)CCC(c2ccc3c(ccc4c5ccc(-c6cccc(-c7cc(C(C)(C)C)cc8c7nc(-c7ccccc7O)n8-c7ccccc7-c7ccccc7)c6)nc5oc34)c2)CC1. The highest BCUT2D eigenvalue weighted by molar-refractivity contribution is 6.14. The Hall–Kier alpha value is -6.98. The molecular weight excluding hydrogens is 771 g/mol. The Labute approximate surface area is 368 Å². The van der Waals surface area contributed by atoms with Gasteiger partial charge in [0.1, 0.15) is 17.2 Å². The summed E-state index contributed by atoms with van der Waals surface area (Å²) in [7, 11) is 0. The van der Waals surface area contributed by atoms with E-state index in [1.54, 1.807) is 6.07 Å². The number of imidazole rings is 1. The molecule has 310 valence electrons. The lowest BCUT2D eigenvalue weighted by Crippen LogP contribution is -2.20. The molecule has 1 aliphatic rings. The van der Waals surface area contributed by atoms with Gasteiger partial charge in [0.25, 0.3) is 0 Å². The number of rotatable bonds is 6. The van der Waals surface area contributed by atoms with E-state index in [9.17, 15) is 5.11 Å². The van der Waals surface area contributed by atoms with Crippen molar-refractivity contribution in [3.63, 3.8) is 0 Å². The number of hydrogen-bond donors (Lipinski definition) is 1. The smallest absolute Gasteiger partial charge is 0.227 e. The van der Waals surface area contributed by atoms with Gasteiger partial charge in [-0.05, 0) is 125 Å². The Kier molecular flexibility index (Phi) is 9.16. The predicted octanol–water partition coefficient (Wildman–Crippen LogP) is 15.8. The second-order valence-electron chi connectivity index (χ2n) is 19.4. The molecule has 0 aliphatic heterocycles. The molecule has 0 atom stereocenters. The first-order valence-corrected chi connectivity index (χ1v) is 22.4. The highest BCUT2D eigenvalue weighted by Crippen LogP contribution is 2.45. The lowest BCUT2D eigenvalue weighted by molar-refractivity contribution is 0.224. The number of pyridine rings is 1. The van der Waals surface area contributed by atoms with Crippen molar-refractivity contribution in [2.75, 3.05) is 0 Å². The van der Waals surface area contributed by atoms with Crippen molar-refractivity contribution in [1.29, 1.82) is 0 Å². The van der Waals surface area contributed by atoms with Gasteiger partial charge in [0.05, 0.1) is 28.0 Å². The van der Waals surface area contributed by atoms with Crippen LogP contribution in [0, 0.1) is 5.41 Å². The molecule has 0 saturated heterocycles. The molecule has 0 radical (unpaired) electrons. The van der Waals surface area contributed by atoms with Crippen molar-refractivity contribution in [3.05, 3.63) is 169 Å². The molecule has 1 aliphatic carbocycles. The van der Waals surface area contributed by atoms with Gasteiger partial charge >= 0.3 is 0 Å². The summed E-state index contributed by atoms with van der Waals surface area (Å²) in [5.74, 6) is 1.47. The number of aromatic hydroxyl groups is 1. The number of nitrogens with zero attached hydrogens (tertiary/aromatic N) is 3. The Morgan fingerprint density at radius 1 is 0.619 bits per heavy atom. The van der Waals surface area contributed by atoms with E-state index in [1.807, 2.05) is 24.3 Å². The molecule has 0 amide bonds. The highest BCUT2D eigenvalue weighted by Gasteiger charge is 2.28. The van der Waals surface area contributed by atoms with Crippen LogP contribution in [0.2, 0.25) is 0 Å². The van der Waals surface area contributed by atoms with Gasteiger partial charge in [0, 0.05) is 32.8 Å².